The van der Waals surface area contributed by atoms with Crippen molar-refractivity contribution in [2.45, 2.75) is 89.9 Å². The minimum atomic E-state index is -4.27. The van der Waals surface area contributed by atoms with Gasteiger partial charge >= 0.3 is 5.97 Å². The van der Waals surface area contributed by atoms with E-state index in [9.17, 15) is 17.8 Å². The Kier molecular flexibility index (Phi) is 16.8. The third-order valence-corrected chi connectivity index (χ3v) is 6.55. The Morgan fingerprint density at radius 1 is 0.912 bits per heavy atom. The Bertz CT molecular complexity index is 801. The summed E-state index contributed by atoms with van der Waals surface area (Å²) in [6, 6.07) is 5.78. The lowest BCUT2D eigenvalue weighted by atomic mass is 10.1. The number of rotatable bonds is 16. The highest BCUT2D eigenvalue weighted by Gasteiger charge is 2.15. The Balaban J connectivity index is 0.000000818. The largest absolute Gasteiger partial charge is 0.744 e. The van der Waals surface area contributed by atoms with Crippen LogP contribution in [-0.2, 0) is 19.6 Å². The number of aryl methyl sites for hydroxylation is 1. The highest BCUT2D eigenvalue weighted by atomic mass is 32.2. The van der Waals surface area contributed by atoms with E-state index >= 15 is 0 Å². The van der Waals surface area contributed by atoms with E-state index < -0.39 is 10.1 Å². The predicted octanol–water partition coefficient (Wildman–Crippen LogP) is 6.00. The lowest BCUT2D eigenvalue weighted by molar-refractivity contribution is -0.890. The van der Waals surface area contributed by atoms with Crippen LogP contribution >= 0.6 is 0 Å². The average molecular weight is 498 g/mol. The number of nitrogens with zero attached hydrogens (tertiary/aromatic N) is 1. The molecule has 7 heteroatoms. The highest BCUT2D eigenvalue weighted by molar-refractivity contribution is 7.85. The normalized spacial score (nSPS) is 11.5. The van der Waals surface area contributed by atoms with Gasteiger partial charge in [-0.15, -0.1) is 0 Å². The number of likely N-dealkylation sites (N-methyl/N-ethyl adjacent to an activating group) is 1. The van der Waals surface area contributed by atoms with Gasteiger partial charge in [0.15, 0.2) is 0 Å². The van der Waals surface area contributed by atoms with Gasteiger partial charge in [-0.25, -0.2) is 13.2 Å². The summed E-state index contributed by atoms with van der Waals surface area (Å²) in [6.45, 7) is 11.9. The summed E-state index contributed by atoms with van der Waals surface area (Å²) in [5, 5.41) is 0. The second-order valence-corrected chi connectivity index (χ2v) is 11.1. The average Bonchev–Trinajstić information content (AvgIpc) is 2.75. The molecule has 0 bridgehead atoms. The van der Waals surface area contributed by atoms with Crippen LogP contribution in [0.15, 0.2) is 41.3 Å². The number of quaternary nitrogens is 1. The molecular weight excluding hydrogens is 450 g/mol. The van der Waals surface area contributed by atoms with Gasteiger partial charge in [0.1, 0.15) is 23.3 Å². The molecule has 0 amide bonds. The number of carbonyl (C=O) groups is 1. The first-order valence-corrected chi connectivity index (χ1v) is 14.0. The van der Waals surface area contributed by atoms with E-state index in [2.05, 4.69) is 27.6 Å². The zero-order chi connectivity index (χ0) is 26.0. The van der Waals surface area contributed by atoms with E-state index in [1.54, 1.807) is 19.1 Å². The quantitative estimate of drug-likeness (QED) is 0.0919. The number of unbranched alkanes of at least 4 members (excludes halogenated alkanes) is 9. The van der Waals surface area contributed by atoms with Crippen molar-refractivity contribution in [3.8, 4) is 0 Å². The van der Waals surface area contributed by atoms with Gasteiger partial charge in [0.2, 0.25) is 0 Å². The fourth-order valence-corrected chi connectivity index (χ4v) is 3.82. The minimum absolute atomic E-state index is 0.178. The molecule has 1 aromatic carbocycles. The van der Waals surface area contributed by atoms with Crippen molar-refractivity contribution in [3.05, 3.63) is 42.0 Å². The van der Waals surface area contributed by atoms with E-state index in [-0.39, 0.29) is 10.9 Å². The molecule has 1 rings (SSSR count). The van der Waals surface area contributed by atoms with Gasteiger partial charge in [-0.2, -0.15) is 0 Å². The van der Waals surface area contributed by atoms with Gasteiger partial charge in [-0.1, -0.05) is 82.6 Å². The molecule has 196 valence electrons. The third-order valence-electron chi connectivity index (χ3n) is 5.70. The summed E-state index contributed by atoms with van der Waals surface area (Å²) in [6.07, 6.45) is 13.7. The second kappa shape index (κ2) is 17.7. The highest BCUT2D eigenvalue weighted by Crippen LogP contribution is 2.12. The maximum Gasteiger partial charge on any atom is 0.333 e. The Labute approximate surface area is 208 Å². The first kappa shape index (κ1) is 32.3. The van der Waals surface area contributed by atoms with Crippen molar-refractivity contribution in [1.29, 1.82) is 0 Å². The Morgan fingerprint density at radius 3 is 1.82 bits per heavy atom. The van der Waals surface area contributed by atoms with Crippen molar-refractivity contribution in [2.24, 2.45) is 0 Å². The van der Waals surface area contributed by atoms with Gasteiger partial charge in [-0.3, -0.25) is 0 Å². The molecule has 34 heavy (non-hydrogen) atoms. The molecule has 0 radical (unpaired) electrons. The summed E-state index contributed by atoms with van der Waals surface area (Å²) in [5.41, 5.74) is 1.41. The van der Waals surface area contributed by atoms with Crippen LogP contribution in [0.5, 0.6) is 0 Å². The van der Waals surface area contributed by atoms with Gasteiger partial charge in [0, 0.05) is 5.57 Å². The van der Waals surface area contributed by atoms with E-state index in [0.29, 0.717) is 12.2 Å². The van der Waals surface area contributed by atoms with Crippen LogP contribution in [0.4, 0.5) is 0 Å². The summed E-state index contributed by atoms with van der Waals surface area (Å²) in [4.78, 5) is 11.2. The summed E-state index contributed by atoms with van der Waals surface area (Å²) in [5.74, 6) is -0.274. The Hall–Kier alpha value is -1.70. The minimum Gasteiger partial charge on any atom is -0.744 e. The lowest BCUT2D eigenvalue weighted by Gasteiger charge is -2.29. The van der Waals surface area contributed by atoms with Crippen LogP contribution in [0.1, 0.15) is 83.6 Å². The van der Waals surface area contributed by atoms with E-state index in [4.69, 9.17) is 4.74 Å². The molecule has 0 unspecified atom stereocenters. The maximum absolute atomic E-state index is 11.3. The molecule has 0 aliphatic rings. The standard InChI is InChI=1S/C20H40NO2.C7H8O3S/c1-6-7-8-9-10-11-12-13-14-15-16-21(4,5)17-18-23-20(22)19(2)3;1-6-2-4-7(5-3-6)11(8,9)10/h2,6-18H2,1,3-5H3;2-5H,1H3,(H,8,9,10)/q+1;/p-1. The first-order valence-electron chi connectivity index (χ1n) is 12.6. The summed E-state index contributed by atoms with van der Waals surface area (Å²) >= 11 is 0. The summed E-state index contributed by atoms with van der Waals surface area (Å²) < 4.78 is 37.3. The van der Waals surface area contributed by atoms with Crippen LogP contribution in [-0.4, -0.2) is 57.2 Å². The van der Waals surface area contributed by atoms with Crippen molar-refractivity contribution in [2.75, 3.05) is 33.8 Å². The van der Waals surface area contributed by atoms with Gasteiger partial charge in [0.25, 0.3) is 0 Å². The van der Waals surface area contributed by atoms with Crippen molar-refractivity contribution >= 4 is 16.1 Å². The zero-order valence-electron chi connectivity index (χ0n) is 22.1. The molecule has 0 atom stereocenters. The van der Waals surface area contributed by atoms with Crippen molar-refractivity contribution < 1.29 is 27.0 Å². The lowest BCUT2D eigenvalue weighted by Crippen LogP contribution is -2.43. The van der Waals surface area contributed by atoms with Crippen LogP contribution in [0, 0.1) is 6.92 Å². The fourth-order valence-electron chi connectivity index (χ4n) is 3.35. The molecule has 0 N–H and O–H groups in total. The third kappa shape index (κ3) is 17.7. The molecule has 0 aromatic heterocycles. The van der Waals surface area contributed by atoms with Crippen LogP contribution < -0.4 is 0 Å². The molecule has 0 heterocycles. The first-order chi connectivity index (χ1) is 15.9. The molecule has 6 nitrogen and oxygen atoms in total. The fraction of sp³-hybridized carbons (Fsp3) is 0.667. The van der Waals surface area contributed by atoms with Crippen LogP contribution in [0.2, 0.25) is 0 Å². The SMILES string of the molecule is C=C(C)C(=O)OCC[N+](C)(C)CCCCCCCCCCCC.Cc1ccc(S(=O)(=O)[O-])cc1. The number of hydrogen-bond donors (Lipinski definition) is 0. The van der Waals surface area contributed by atoms with Crippen molar-refractivity contribution in [1.82, 2.24) is 0 Å². The number of hydrogen-bond acceptors (Lipinski definition) is 5. The van der Waals surface area contributed by atoms with E-state index in [1.807, 2.05) is 6.92 Å². The number of carbonyl (C=O) groups excluding carboxylic acids is 1. The second-order valence-electron chi connectivity index (χ2n) is 9.75. The summed E-state index contributed by atoms with van der Waals surface area (Å²) in [7, 11) is 0.152. The van der Waals surface area contributed by atoms with Crippen molar-refractivity contribution in [3.63, 3.8) is 0 Å². The molecule has 0 saturated heterocycles. The molecular formula is C27H47NO5S. The molecule has 0 fully saturated rings. The van der Waals surface area contributed by atoms with Gasteiger partial charge in [-0.05, 0) is 38.8 Å². The maximum atomic E-state index is 11.3. The van der Waals surface area contributed by atoms with E-state index in [0.717, 1.165) is 23.1 Å². The Morgan fingerprint density at radius 2 is 1.38 bits per heavy atom. The topological polar surface area (TPSA) is 83.5 Å². The molecule has 0 aliphatic heterocycles. The molecule has 1 aromatic rings. The number of ether oxygens (including phenoxy) is 1. The molecule has 0 spiro atoms. The van der Waals surface area contributed by atoms with Crippen LogP contribution in [0.3, 0.4) is 0 Å². The van der Waals surface area contributed by atoms with Gasteiger partial charge in [0.05, 0.1) is 25.5 Å². The van der Waals surface area contributed by atoms with Gasteiger partial charge < -0.3 is 13.8 Å². The number of esters is 1. The smallest absolute Gasteiger partial charge is 0.333 e. The number of benzene rings is 1. The zero-order valence-corrected chi connectivity index (χ0v) is 22.9. The predicted molar refractivity (Wildman–Crippen MR) is 139 cm³/mol. The van der Waals surface area contributed by atoms with Crippen LogP contribution in [0.25, 0.3) is 0 Å². The van der Waals surface area contributed by atoms with E-state index in [1.165, 1.54) is 76.3 Å². The molecule has 0 saturated carbocycles. The molecule has 0 aliphatic carbocycles. The monoisotopic (exact) mass is 497 g/mol.